The molecule has 2 N–H and O–H groups in total. The molecule has 36 heavy (non-hydrogen) atoms. The Bertz CT molecular complexity index is 1530. The molecule has 5 aromatic carbocycles. The van der Waals surface area contributed by atoms with E-state index in [0.717, 1.165) is 0 Å². The van der Waals surface area contributed by atoms with Gasteiger partial charge in [0, 0.05) is 33.6 Å². The molecule has 0 aliphatic carbocycles. The Kier molecular flexibility index (Phi) is 6.07. The van der Waals surface area contributed by atoms with Crippen molar-refractivity contribution in [3.05, 3.63) is 152 Å². The topological polar surface area (TPSA) is 92.3 Å². The normalized spacial score (nSPS) is 10.7. The van der Waals surface area contributed by atoms with Gasteiger partial charge in [-0.05, 0) is 24.3 Å². The maximum absolute atomic E-state index is 13.1. The number of carbonyl (C=O) groups is 2. The molecule has 0 radical (unpaired) electrons. The van der Waals surface area contributed by atoms with Gasteiger partial charge >= 0.3 is 0 Å². The summed E-state index contributed by atoms with van der Waals surface area (Å²) in [6.07, 6.45) is 0. The first-order valence-electron chi connectivity index (χ1n) is 11.3. The summed E-state index contributed by atoms with van der Waals surface area (Å²) in [5, 5.41) is 5.94. The van der Waals surface area contributed by atoms with E-state index in [2.05, 4.69) is 10.6 Å². The van der Waals surface area contributed by atoms with E-state index in [1.54, 1.807) is 97.1 Å². The quantitative estimate of drug-likeness (QED) is 0.237. The van der Waals surface area contributed by atoms with Crippen LogP contribution in [0.2, 0.25) is 0 Å². The SMILES string of the molecule is O=C(c1ccccc1)c1ccccc1Nc1c(Nc2ccccc2C(=O)c2ccccc2)c(=O)c1=O. The zero-order chi connectivity index (χ0) is 25.1. The first kappa shape index (κ1) is 22.7. The monoisotopic (exact) mass is 472 g/mol. The molecule has 0 atom stereocenters. The van der Waals surface area contributed by atoms with E-state index in [4.69, 9.17) is 0 Å². The largest absolute Gasteiger partial charge is 0.350 e. The van der Waals surface area contributed by atoms with Crippen LogP contribution in [0.25, 0.3) is 0 Å². The van der Waals surface area contributed by atoms with Crippen LogP contribution < -0.4 is 21.5 Å². The van der Waals surface area contributed by atoms with E-state index < -0.39 is 10.9 Å². The van der Waals surface area contributed by atoms with E-state index in [-0.39, 0.29) is 22.9 Å². The third-order valence-electron chi connectivity index (χ3n) is 5.85. The first-order valence-corrected chi connectivity index (χ1v) is 11.3. The van der Waals surface area contributed by atoms with Crippen LogP contribution >= 0.6 is 0 Å². The van der Waals surface area contributed by atoms with Crippen molar-refractivity contribution in [1.29, 1.82) is 0 Å². The lowest BCUT2D eigenvalue weighted by atomic mass is 10.0. The molecule has 5 rings (SSSR count). The maximum atomic E-state index is 13.1. The highest BCUT2D eigenvalue weighted by Gasteiger charge is 2.24. The van der Waals surface area contributed by atoms with Gasteiger partial charge in [-0.25, -0.2) is 0 Å². The van der Waals surface area contributed by atoms with Crippen LogP contribution in [0.3, 0.4) is 0 Å². The van der Waals surface area contributed by atoms with Gasteiger partial charge in [-0.2, -0.15) is 0 Å². The molecule has 5 aromatic rings. The predicted octanol–water partition coefficient (Wildman–Crippen LogP) is 5.23. The van der Waals surface area contributed by atoms with Gasteiger partial charge in [-0.3, -0.25) is 19.2 Å². The van der Waals surface area contributed by atoms with Crippen LogP contribution in [-0.4, -0.2) is 11.6 Å². The number of hydrogen-bond acceptors (Lipinski definition) is 6. The van der Waals surface area contributed by atoms with Crippen LogP contribution in [0, 0.1) is 0 Å². The molecule has 0 bridgehead atoms. The summed E-state index contributed by atoms with van der Waals surface area (Å²) in [5.41, 5.74) is 1.20. The smallest absolute Gasteiger partial charge is 0.253 e. The average molecular weight is 473 g/mol. The molecule has 0 aromatic heterocycles. The van der Waals surface area contributed by atoms with Crippen LogP contribution in [-0.2, 0) is 0 Å². The Balaban J connectivity index is 1.47. The Morgan fingerprint density at radius 1 is 0.444 bits per heavy atom. The van der Waals surface area contributed by atoms with E-state index in [1.807, 2.05) is 12.1 Å². The van der Waals surface area contributed by atoms with Crippen molar-refractivity contribution in [2.45, 2.75) is 0 Å². The molecule has 0 heterocycles. The van der Waals surface area contributed by atoms with E-state index in [1.165, 1.54) is 0 Å². The molecule has 6 nitrogen and oxygen atoms in total. The van der Waals surface area contributed by atoms with Crippen LogP contribution in [0.15, 0.2) is 119 Å². The van der Waals surface area contributed by atoms with Gasteiger partial charge in [-0.1, -0.05) is 84.9 Å². The van der Waals surface area contributed by atoms with E-state index in [9.17, 15) is 19.2 Å². The van der Waals surface area contributed by atoms with Crippen molar-refractivity contribution in [1.82, 2.24) is 0 Å². The zero-order valence-corrected chi connectivity index (χ0v) is 19.0. The Hall–Kier alpha value is -5.10. The lowest BCUT2D eigenvalue weighted by Gasteiger charge is -2.18. The lowest BCUT2D eigenvalue weighted by molar-refractivity contribution is 0.103. The molecule has 0 saturated carbocycles. The molecule has 0 amide bonds. The summed E-state index contributed by atoms with van der Waals surface area (Å²) >= 11 is 0. The minimum absolute atomic E-state index is 0.0373. The highest BCUT2D eigenvalue weighted by atomic mass is 16.2. The highest BCUT2D eigenvalue weighted by molar-refractivity contribution is 6.14. The van der Waals surface area contributed by atoms with Gasteiger partial charge in [0.05, 0.1) is 0 Å². The van der Waals surface area contributed by atoms with Gasteiger partial charge in [0.15, 0.2) is 11.6 Å². The summed E-state index contributed by atoms with van der Waals surface area (Å²) in [6.45, 7) is 0. The summed E-state index contributed by atoms with van der Waals surface area (Å²) in [4.78, 5) is 51.1. The Morgan fingerprint density at radius 2 is 0.778 bits per heavy atom. The molecule has 0 aliphatic rings. The van der Waals surface area contributed by atoms with Crippen LogP contribution in [0.5, 0.6) is 0 Å². The second kappa shape index (κ2) is 9.64. The molecule has 0 unspecified atom stereocenters. The molecule has 0 spiro atoms. The first-order chi connectivity index (χ1) is 17.5. The number of carbonyl (C=O) groups excluding carboxylic acids is 2. The Labute approximate surface area is 206 Å². The van der Waals surface area contributed by atoms with Gasteiger partial charge in [-0.15, -0.1) is 0 Å². The van der Waals surface area contributed by atoms with Crippen molar-refractivity contribution >= 4 is 34.3 Å². The molecule has 174 valence electrons. The number of para-hydroxylation sites is 2. The minimum Gasteiger partial charge on any atom is -0.350 e. The summed E-state index contributed by atoms with van der Waals surface area (Å²) in [6, 6.07) is 31.2. The number of nitrogens with one attached hydrogen (secondary N) is 2. The third kappa shape index (κ3) is 4.23. The standard InChI is InChI=1S/C30H20N2O4/c33-27(19-11-3-1-4-12-19)21-15-7-9-17-23(21)31-25-26(30(36)29(25)35)32-24-18-10-8-16-22(24)28(34)20-13-5-2-6-14-20/h1-18,31-32H. The fourth-order valence-corrected chi connectivity index (χ4v) is 3.97. The summed E-state index contributed by atoms with van der Waals surface area (Å²) < 4.78 is 0. The number of benzene rings is 4. The molecular weight excluding hydrogens is 452 g/mol. The highest BCUT2D eigenvalue weighted by Crippen LogP contribution is 2.29. The van der Waals surface area contributed by atoms with Gasteiger partial charge in [0.1, 0.15) is 11.4 Å². The van der Waals surface area contributed by atoms with Gasteiger partial charge in [0.2, 0.25) is 0 Å². The van der Waals surface area contributed by atoms with Crippen LogP contribution in [0.1, 0.15) is 31.8 Å². The van der Waals surface area contributed by atoms with Crippen molar-refractivity contribution in [2.75, 3.05) is 10.6 Å². The second-order valence-electron chi connectivity index (χ2n) is 8.14. The number of rotatable bonds is 8. The fourth-order valence-electron chi connectivity index (χ4n) is 3.97. The summed E-state index contributed by atoms with van der Waals surface area (Å²) in [7, 11) is 0. The maximum Gasteiger partial charge on any atom is 0.253 e. The van der Waals surface area contributed by atoms with Gasteiger partial charge in [0.25, 0.3) is 10.9 Å². The predicted molar refractivity (Wildman–Crippen MR) is 141 cm³/mol. The number of hydrogen-bond donors (Lipinski definition) is 2. The van der Waals surface area contributed by atoms with Gasteiger partial charge < -0.3 is 10.6 Å². The molecule has 0 fully saturated rings. The number of anilines is 4. The van der Waals surface area contributed by atoms with E-state index in [0.29, 0.717) is 33.6 Å². The van der Waals surface area contributed by atoms with Crippen molar-refractivity contribution in [3.8, 4) is 0 Å². The van der Waals surface area contributed by atoms with Crippen LogP contribution in [0.4, 0.5) is 22.7 Å². The fraction of sp³-hybridized carbons (Fsp3) is 0. The lowest BCUT2D eigenvalue weighted by Crippen LogP contribution is -2.36. The summed E-state index contributed by atoms with van der Waals surface area (Å²) in [5.74, 6) is -0.434. The third-order valence-corrected chi connectivity index (χ3v) is 5.85. The van der Waals surface area contributed by atoms with Crippen molar-refractivity contribution < 1.29 is 9.59 Å². The Morgan fingerprint density at radius 3 is 1.17 bits per heavy atom. The number of ketones is 2. The molecular formula is C30H20N2O4. The zero-order valence-electron chi connectivity index (χ0n) is 19.0. The van der Waals surface area contributed by atoms with E-state index >= 15 is 0 Å². The second-order valence-corrected chi connectivity index (χ2v) is 8.14. The molecule has 0 aliphatic heterocycles. The molecule has 6 heteroatoms. The average Bonchev–Trinajstić information content (AvgIpc) is 2.95. The van der Waals surface area contributed by atoms with Crippen molar-refractivity contribution in [3.63, 3.8) is 0 Å². The van der Waals surface area contributed by atoms with Crippen molar-refractivity contribution in [2.24, 2.45) is 0 Å². The molecule has 0 saturated heterocycles. The minimum atomic E-state index is -0.702.